The summed E-state index contributed by atoms with van der Waals surface area (Å²) in [5.41, 5.74) is 4.05. The second-order valence-corrected chi connectivity index (χ2v) is 8.23. The molecule has 1 aromatic heterocycles. The molecule has 4 rings (SSSR count). The van der Waals surface area contributed by atoms with Gasteiger partial charge in [-0.1, -0.05) is 35.0 Å². The maximum Gasteiger partial charge on any atom is 0.234 e. The Hall–Kier alpha value is -2.22. The second-order valence-electron chi connectivity index (χ2n) is 6.43. The van der Waals surface area contributed by atoms with Crippen LogP contribution in [0.15, 0.2) is 35.5 Å². The number of thioether (sulfide) groups is 1. The van der Waals surface area contributed by atoms with Crippen molar-refractivity contribution in [2.45, 2.75) is 18.5 Å². The summed E-state index contributed by atoms with van der Waals surface area (Å²) < 4.78 is 0. The van der Waals surface area contributed by atoms with Crippen molar-refractivity contribution in [2.75, 3.05) is 22.5 Å². The Morgan fingerprint density at radius 1 is 1.29 bits per heavy atom. The van der Waals surface area contributed by atoms with Gasteiger partial charge in [0.15, 0.2) is 5.16 Å². The summed E-state index contributed by atoms with van der Waals surface area (Å²) in [4.78, 5) is 33.2. The van der Waals surface area contributed by atoms with Crippen molar-refractivity contribution in [3.05, 3.63) is 45.9 Å². The van der Waals surface area contributed by atoms with E-state index in [2.05, 4.69) is 15.3 Å². The second kappa shape index (κ2) is 7.66. The Kier molecular flexibility index (Phi) is 5.23. The summed E-state index contributed by atoms with van der Waals surface area (Å²) in [6.07, 6.45) is 0.787. The van der Waals surface area contributed by atoms with Gasteiger partial charge in [0, 0.05) is 29.9 Å². The van der Waals surface area contributed by atoms with Crippen molar-refractivity contribution in [3.63, 3.8) is 0 Å². The number of fused-ring (bicyclic) bond motifs is 2. The third-order valence-corrected chi connectivity index (χ3v) is 5.84. The van der Waals surface area contributed by atoms with Gasteiger partial charge in [0.25, 0.3) is 0 Å². The molecule has 0 saturated carbocycles. The van der Waals surface area contributed by atoms with Crippen molar-refractivity contribution in [2.24, 2.45) is 0 Å². The molecule has 0 fully saturated rings. The lowest BCUT2D eigenvalue weighted by Crippen LogP contribution is -2.25. The topological polar surface area (TPSA) is 78.1 Å². The number of carbonyl (C=O) groups excluding carboxylic acids is 2. The van der Waals surface area contributed by atoms with Gasteiger partial charge < -0.3 is 15.2 Å². The first-order valence-corrected chi connectivity index (χ1v) is 10.3. The molecule has 1 aliphatic rings. The Morgan fingerprint density at radius 2 is 2.11 bits per heavy atom. The standard InChI is InChI=1S/C19H16Cl2N4O2S/c1-10(26)25-5-4-11-6-13(2-3-16(11)25)22-17(27)9-28-19-23-15-8-12(20)7-14(21)18(15)24-19/h2-3,6-8H,4-5,9H2,1H3,(H,22,27)(H,23,24). The molecule has 9 heteroatoms. The van der Waals surface area contributed by atoms with Crippen LogP contribution in [0.5, 0.6) is 0 Å². The molecule has 0 unspecified atom stereocenters. The van der Waals surface area contributed by atoms with Gasteiger partial charge in [-0.3, -0.25) is 9.59 Å². The van der Waals surface area contributed by atoms with E-state index in [0.717, 1.165) is 23.2 Å². The largest absolute Gasteiger partial charge is 0.333 e. The van der Waals surface area contributed by atoms with Crippen LogP contribution < -0.4 is 10.2 Å². The van der Waals surface area contributed by atoms with Crippen LogP contribution in [-0.4, -0.2) is 34.1 Å². The van der Waals surface area contributed by atoms with Crippen molar-refractivity contribution in [3.8, 4) is 0 Å². The van der Waals surface area contributed by atoms with Crippen LogP contribution in [0.1, 0.15) is 12.5 Å². The third kappa shape index (κ3) is 3.83. The van der Waals surface area contributed by atoms with Crippen LogP contribution in [0.4, 0.5) is 11.4 Å². The summed E-state index contributed by atoms with van der Waals surface area (Å²) in [7, 11) is 0. The normalized spacial score (nSPS) is 13.0. The number of hydrogen-bond acceptors (Lipinski definition) is 4. The van der Waals surface area contributed by atoms with Crippen molar-refractivity contribution in [1.29, 1.82) is 0 Å². The fourth-order valence-corrected chi connectivity index (χ4v) is 4.44. The van der Waals surface area contributed by atoms with Gasteiger partial charge in [-0.05, 0) is 42.3 Å². The van der Waals surface area contributed by atoms with E-state index in [1.54, 1.807) is 24.0 Å². The molecule has 2 amide bonds. The van der Waals surface area contributed by atoms with Gasteiger partial charge in [-0.15, -0.1) is 0 Å². The van der Waals surface area contributed by atoms with Crippen LogP contribution in [0.25, 0.3) is 11.0 Å². The van der Waals surface area contributed by atoms with E-state index in [1.807, 2.05) is 18.2 Å². The molecule has 0 saturated heterocycles. The van der Waals surface area contributed by atoms with Crippen LogP contribution in [-0.2, 0) is 16.0 Å². The molecule has 2 aromatic carbocycles. The van der Waals surface area contributed by atoms with E-state index in [9.17, 15) is 9.59 Å². The molecule has 1 aliphatic heterocycles. The van der Waals surface area contributed by atoms with Crippen LogP contribution in [0, 0.1) is 0 Å². The third-order valence-electron chi connectivity index (χ3n) is 4.46. The van der Waals surface area contributed by atoms with Gasteiger partial charge in [0.05, 0.1) is 16.3 Å². The molecule has 0 radical (unpaired) electrons. The summed E-state index contributed by atoms with van der Waals surface area (Å²) >= 11 is 13.4. The lowest BCUT2D eigenvalue weighted by Gasteiger charge is -2.15. The van der Waals surface area contributed by atoms with Crippen LogP contribution >= 0.6 is 35.0 Å². The van der Waals surface area contributed by atoms with E-state index in [-0.39, 0.29) is 17.6 Å². The average molecular weight is 435 g/mol. The summed E-state index contributed by atoms with van der Waals surface area (Å²) in [5, 5.41) is 4.47. The smallest absolute Gasteiger partial charge is 0.234 e. The minimum Gasteiger partial charge on any atom is -0.333 e. The summed E-state index contributed by atoms with van der Waals surface area (Å²) in [5.74, 6) is 0.0806. The zero-order valence-corrected chi connectivity index (χ0v) is 17.2. The Labute approximate surface area is 175 Å². The molecule has 6 nitrogen and oxygen atoms in total. The number of H-pyrrole nitrogens is 1. The summed E-state index contributed by atoms with van der Waals surface area (Å²) in [6, 6.07) is 8.98. The quantitative estimate of drug-likeness (QED) is 0.592. The number of carbonyl (C=O) groups is 2. The molecule has 0 aliphatic carbocycles. The predicted molar refractivity (Wildman–Crippen MR) is 114 cm³/mol. The number of benzene rings is 2. The maximum atomic E-state index is 12.3. The number of nitrogens with one attached hydrogen (secondary N) is 2. The number of imidazole rings is 1. The van der Waals surface area contributed by atoms with Crippen molar-refractivity contribution >= 4 is 69.2 Å². The number of rotatable bonds is 4. The monoisotopic (exact) mass is 434 g/mol. The fourth-order valence-electron chi connectivity index (χ4n) is 3.23. The fraction of sp³-hybridized carbons (Fsp3) is 0.211. The molecular formula is C19H16Cl2N4O2S. The highest BCUT2D eigenvalue weighted by atomic mass is 35.5. The molecule has 0 spiro atoms. The number of amides is 2. The van der Waals surface area contributed by atoms with E-state index in [0.29, 0.717) is 33.0 Å². The Balaban J connectivity index is 1.40. The highest BCUT2D eigenvalue weighted by Crippen LogP contribution is 2.31. The Bertz CT molecular complexity index is 1100. The van der Waals surface area contributed by atoms with Crippen molar-refractivity contribution in [1.82, 2.24) is 9.97 Å². The average Bonchev–Trinajstić information content (AvgIpc) is 3.23. The predicted octanol–water partition coefficient (Wildman–Crippen LogP) is 4.51. The van der Waals surface area contributed by atoms with Gasteiger partial charge in [-0.2, -0.15) is 0 Å². The molecule has 144 valence electrons. The first kappa shape index (κ1) is 19.1. The molecule has 2 N–H and O–H groups in total. The number of halogens is 2. The van der Waals surface area contributed by atoms with E-state index < -0.39 is 0 Å². The van der Waals surface area contributed by atoms with Crippen LogP contribution in [0.3, 0.4) is 0 Å². The summed E-state index contributed by atoms with van der Waals surface area (Å²) in [6.45, 7) is 2.23. The van der Waals surface area contributed by atoms with Gasteiger partial charge in [0.1, 0.15) is 5.52 Å². The number of aromatic nitrogens is 2. The highest BCUT2D eigenvalue weighted by molar-refractivity contribution is 7.99. The van der Waals surface area contributed by atoms with Crippen molar-refractivity contribution < 1.29 is 9.59 Å². The van der Waals surface area contributed by atoms with E-state index in [4.69, 9.17) is 23.2 Å². The molecule has 3 aromatic rings. The maximum absolute atomic E-state index is 12.3. The first-order chi connectivity index (χ1) is 13.4. The van der Waals surface area contributed by atoms with Gasteiger partial charge in [-0.25, -0.2) is 4.98 Å². The number of aromatic amines is 1. The van der Waals surface area contributed by atoms with Crippen LogP contribution in [0.2, 0.25) is 10.0 Å². The lowest BCUT2D eigenvalue weighted by molar-refractivity contribution is -0.116. The highest BCUT2D eigenvalue weighted by Gasteiger charge is 2.22. The zero-order valence-electron chi connectivity index (χ0n) is 14.9. The molecule has 28 heavy (non-hydrogen) atoms. The number of anilines is 2. The van der Waals surface area contributed by atoms with Gasteiger partial charge >= 0.3 is 0 Å². The number of nitrogens with zero attached hydrogens (tertiary/aromatic N) is 2. The first-order valence-electron chi connectivity index (χ1n) is 8.59. The minimum absolute atomic E-state index is 0.0270. The molecular weight excluding hydrogens is 419 g/mol. The molecule has 0 bridgehead atoms. The van der Waals surface area contributed by atoms with E-state index >= 15 is 0 Å². The SMILES string of the molecule is CC(=O)N1CCc2cc(NC(=O)CSc3nc4c(Cl)cc(Cl)cc4[nH]3)ccc21. The van der Waals surface area contributed by atoms with Gasteiger partial charge in [0.2, 0.25) is 11.8 Å². The molecule has 2 heterocycles. The Morgan fingerprint density at radius 3 is 2.89 bits per heavy atom. The molecule has 0 atom stereocenters. The van der Waals surface area contributed by atoms with E-state index in [1.165, 1.54) is 11.8 Å². The minimum atomic E-state index is -0.143. The lowest BCUT2D eigenvalue weighted by atomic mass is 10.1. The zero-order chi connectivity index (χ0) is 19.8. The number of hydrogen-bond donors (Lipinski definition) is 2.